The molecule has 12 heavy (non-hydrogen) atoms. The lowest BCUT2D eigenvalue weighted by Gasteiger charge is -2.26. The lowest BCUT2D eigenvalue weighted by Crippen LogP contribution is -2.31. The molecule has 2 heteroatoms. The quantitative estimate of drug-likeness (QED) is 0.651. The Hall–Kier alpha value is -0.760. The fourth-order valence-electron chi connectivity index (χ4n) is 1.52. The van der Waals surface area contributed by atoms with Gasteiger partial charge in [0.05, 0.1) is 0 Å². The van der Waals surface area contributed by atoms with Gasteiger partial charge in [-0.25, -0.2) is 0 Å². The molecule has 1 rings (SSSR count). The summed E-state index contributed by atoms with van der Waals surface area (Å²) in [6.07, 6.45) is 4.29. The molecule has 1 heterocycles. The monoisotopic (exact) mass is 167 g/mol. The Labute approximate surface area is 74.2 Å². The number of hydrogen-bond acceptors (Lipinski definition) is 2. The molecule has 1 aliphatic heterocycles. The fraction of sp³-hybridized carbons (Fsp3) is 0.600. The predicted molar refractivity (Wildman–Crippen MR) is 51.2 cm³/mol. The molecule has 0 aliphatic carbocycles. The van der Waals surface area contributed by atoms with Crippen LogP contribution in [0.5, 0.6) is 0 Å². The Kier molecular flexibility index (Phi) is 3.35. The van der Waals surface area contributed by atoms with Crippen LogP contribution >= 0.6 is 0 Å². The van der Waals surface area contributed by atoms with E-state index in [0.29, 0.717) is 0 Å². The van der Waals surface area contributed by atoms with Gasteiger partial charge in [-0.1, -0.05) is 19.6 Å². The van der Waals surface area contributed by atoms with Gasteiger partial charge in [0.25, 0.3) is 0 Å². The van der Waals surface area contributed by atoms with Crippen LogP contribution in [0.25, 0.3) is 0 Å². The van der Waals surface area contributed by atoms with E-state index >= 15 is 0 Å². The lowest BCUT2D eigenvalue weighted by atomic mass is 10.1. The van der Waals surface area contributed by atoms with E-state index < -0.39 is 0 Å². The molecule has 0 saturated carbocycles. The number of aliphatic hydroxyl groups is 1. The van der Waals surface area contributed by atoms with Crippen molar-refractivity contribution in [3.8, 4) is 0 Å². The Balaban J connectivity index is 2.47. The first kappa shape index (κ1) is 9.33. The minimum atomic E-state index is 0.232. The standard InChI is InChI=1S/C10H17NO/c1-3-6-11-7-4-5-10(8-11)9(2)12/h5,12H,2-4,6-8H2,1H3. The summed E-state index contributed by atoms with van der Waals surface area (Å²) in [5.74, 6) is 0.232. The third-order valence-corrected chi connectivity index (χ3v) is 2.14. The topological polar surface area (TPSA) is 23.5 Å². The molecule has 0 saturated heterocycles. The summed E-state index contributed by atoms with van der Waals surface area (Å²) in [6, 6.07) is 0. The number of nitrogens with zero attached hydrogens (tertiary/aromatic N) is 1. The molecule has 1 N–H and O–H groups in total. The van der Waals surface area contributed by atoms with Gasteiger partial charge in [0, 0.05) is 18.7 Å². The van der Waals surface area contributed by atoms with E-state index in [1.54, 1.807) is 0 Å². The Morgan fingerprint density at radius 1 is 1.75 bits per heavy atom. The fourth-order valence-corrected chi connectivity index (χ4v) is 1.52. The maximum atomic E-state index is 9.17. The number of aliphatic hydroxyl groups excluding tert-OH is 1. The zero-order valence-corrected chi connectivity index (χ0v) is 7.71. The Morgan fingerprint density at radius 3 is 3.08 bits per heavy atom. The van der Waals surface area contributed by atoms with Crippen molar-refractivity contribution >= 4 is 0 Å². The SMILES string of the molecule is C=C(O)C1=CCCN(CCC)C1. The normalized spacial score (nSPS) is 18.9. The molecule has 1 aliphatic rings. The maximum absolute atomic E-state index is 9.17. The molecule has 0 atom stereocenters. The molecule has 0 aromatic rings. The first-order valence-corrected chi connectivity index (χ1v) is 4.53. The van der Waals surface area contributed by atoms with Crippen molar-refractivity contribution in [3.63, 3.8) is 0 Å². The van der Waals surface area contributed by atoms with Crippen LogP contribution in [0.2, 0.25) is 0 Å². The average Bonchev–Trinajstić information content (AvgIpc) is 2.05. The van der Waals surface area contributed by atoms with Crippen molar-refractivity contribution in [3.05, 3.63) is 24.0 Å². The highest BCUT2D eigenvalue weighted by atomic mass is 16.3. The maximum Gasteiger partial charge on any atom is 0.112 e. The van der Waals surface area contributed by atoms with Gasteiger partial charge in [-0.05, 0) is 19.4 Å². The van der Waals surface area contributed by atoms with Gasteiger partial charge in [-0.15, -0.1) is 0 Å². The number of rotatable bonds is 3. The van der Waals surface area contributed by atoms with Gasteiger partial charge in [0.15, 0.2) is 0 Å². The van der Waals surface area contributed by atoms with Crippen LogP contribution in [-0.2, 0) is 0 Å². The molecular formula is C10H17NO. The van der Waals surface area contributed by atoms with E-state index in [-0.39, 0.29) is 5.76 Å². The zero-order chi connectivity index (χ0) is 8.97. The smallest absolute Gasteiger partial charge is 0.112 e. The lowest BCUT2D eigenvalue weighted by molar-refractivity contribution is 0.282. The van der Waals surface area contributed by atoms with Crippen LogP contribution in [0.3, 0.4) is 0 Å². The summed E-state index contributed by atoms with van der Waals surface area (Å²) >= 11 is 0. The summed E-state index contributed by atoms with van der Waals surface area (Å²) < 4.78 is 0. The zero-order valence-electron chi connectivity index (χ0n) is 7.71. The predicted octanol–water partition coefficient (Wildman–Crippen LogP) is 2.10. The summed E-state index contributed by atoms with van der Waals surface area (Å²) in [4.78, 5) is 2.34. The van der Waals surface area contributed by atoms with Crippen LogP contribution in [0.4, 0.5) is 0 Å². The molecule has 0 spiro atoms. The Bertz CT molecular complexity index is 196. The van der Waals surface area contributed by atoms with Crippen molar-refractivity contribution in [2.75, 3.05) is 19.6 Å². The summed E-state index contributed by atoms with van der Waals surface area (Å²) in [5, 5.41) is 9.17. The van der Waals surface area contributed by atoms with Gasteiger partial charge in [-0.2, -0.15) is 0 Å². The van der Waals surface area contributed by atoms with Crippen LogP contribution < -0.4 is 0 Å². The summed E-state index contributed by atoms with van der Waals surface area (Å²) in [5.41, 5.74) is 0.995. The van der Waals surface area contributed by atoms with Gasteiger partial charge in [-0.3, -0.25) is 4.90 Å². The second-order valence-electron chi connectivity index (χ2n) is 3.24. The molecule has 0 aromatic heterocycles. The van der Waals surface area contributed by atoms with E-state index in [9.17, 15) is 5.11 Å². The van der Waals surface area contributed by atoms with Crippen LogP contribution in [0, 0.1) is 0 Å². The largest absolute Gasteiger partial charge is 0.508 e. The third-order valence-electron chi connectivity index (χ3n) is 2.14. The minimum Gasteiger partial charge on any atom is -0.508 e. The molecule has 0 fully saturated rings. The Morgan fingerprint density at radius 2 is 2.50 bits per heavy atom. The van der Waals surface area contributed by atoms with E-state index in [1.807, 2.05) is 0 Å². The average molecular weight is 167 g/mol. The van der Waals surface area contributed by atoms with Gasteiger partial charge >= 0.3 is 0 Å². The van der Waals surface area contributed by atoms with Crippen LogP contribution in [0.1, 0.15) is 19.8 Å². The second-order valence-corrected chi connectivity index (χ2v) is 3.24. The molecule has 0 amide bonds. The van der Waals surface area contributed by atoms with Gasteiger partial charge in [0.2, 0.25) is 0 Å². The van der Waals surface area contributed by atoms with Gasteiger partial charge < -0.3 is 5.11 Å². The molecule has 0 radical (unpaired) electrons. The highest BCUT2D eigenvalue weighted by molar-refractivity contribution is 5.25. The van der Waals surface area contributed by atoms with Crippen LogP contribution in [0.15, 0.2) is 24.0 Å². The van der Waals surface area contributed by atoms with Crippen molar-refractivity contribution in [2.45, 2.75) is 19.8 Å². The summed E-state index contributed by atoms with van der Waals surface area (Å²) in [7, 11) is 0. The summed E-state index contributed by atoms with van der Waals surface area (Å²) in [6.45, 7) is 8.80. The van der Waals surface area contributed by atoms with Crippen molar-refractivity contribution in [1.29, 1.82) is 0 Å². The first-order valence-electron chi connectivity index (χ1n) is 4.53. The van der Waals surface area contributed by atoms with E-state index in [4.69, 9.17) is 0 Å². The molecular weight excluding hydrogens is 150 g/mol. The molecule has 68 valence electrons. The first-order chi connectivity index (χ1) is 5.74. The number of hydrogen-bond donors (Lipinski definition) is 1. The highest BCUT2D eigenvalue weighted by Crippen LogP contribution is 2.14. The van der Waals surface area contributed by atoms with Crippen LogP contribution in [-0.4, -0.2) is 29.6 Å². The van der Waals surface area contributed by atoms with Crippen molar-refractivity contribution in [1.82, 2.24) is 4.90 Å². The van der Waals surface area contributed by atoms with Crippen molar-refractivity contribution < 1.29 is 5.11 Å². The molecule has 0 aromatic carbocycles. The second kappa shape index (κ2) is 4.31. The van der Waals surface area contributed by atoms with Crippen molar-refractivity contribution in [2.24, 2.45) is 0 Å². The highest BCUT2D eigenvalue weighted by Gasteiger charge is 2.12. The van der Waals surface area contributed by atoms with E-state index in [1.165, 1.54) is 6.42 Å². The van der Waals surface area contributed by atoms with E-state index in [0.717, 1.165) is 31.6 Å². The van der Waals surface area contributed by atoms with E-state index in [2.05, 4.69) is 24.5 Å². The van der Waals surface area contributed by atoms with Gasteiger partial charge in [0.1, 0.15) is 5.76 Å². The minimum absolute atomic E-state index is 0.232. The molecule has 0 unspecified atom stereocenters. The molecule has 2 nitrogen and oxygen atoms in total. The molecule has 0 bridgehead atoms. The third kappa shape index (κ3) is 2.38.